The highest BCUT2D eigenvalue weighted by Gasteiger charge is 2.09. The molecule has 0 aliphatic carbocycles. The second-order valence-electron chi connectivity index (χ2n) is 5.89. The molecule has 0 fully saturated rings. The minimum atomic E-state index is -0.957. The Labute approximate surface area is 150 Å². The molecule has 1 heterocycles. The zero-order valence-electron chi connectivity index (χ0n) is 13.9. The van der Waals surface area contributed by atoms with Gasteiger partial charge in [0.05, 0.1) is 16.6 Å². The van der Waals surface area contributed by atoms with E-state index in [1.807, 2.05) is 59.2 Å². The molecule has 128 valence electrons. The van der Waals surface area contributed by atoms with Crippen LogP contribution in [0.1, 0.15) is 15.9 Å². The lowest BCUT2D eigenvalue weighted by molar-refractivity contribution is 0.0697. The smallest absolute Gasteiger partial charge is 0.335 e. The number of ether oxygens (including phenoxy) is 1. The van der Waals surface area contributed by atoms with Crippen LogP contribution in [-0.4, -0.2) is 20.6 Å². The van der Waals surface area contributed by atoms with Crippen LogP contribution in [0.4, 0.5) is 0 Å². The molecular formula is C21H16N2O3. The van der Waals surface area contributed by atoms with Crippen molar-refractivity contribution in [2.24, 2.45) is 0 Å². The molecule has 0 amide bonds. The van der Waals surface area contributed by atoms with E-state index >= 15 is 0 Å². The molecule has 5 nitrogen and oxygen atoms in total. The van der Waals surface area contributed by atoms with Gasteiger partial charge in [0.15, 0.2) is 0 Å². The maximum atomic E-state index is 11.1. The van der Waals surface area contributed by atoms with Crippen molar-refractivity contribution < 1.29 is 14.6 Å². The first kappa shape index (κ1) is 15.9. The summed E-state index contributed by atoms with van der Waals surface area (Å²) >= 11 is 0. The predicted octanol–water partition coefficient (Wildman–Crippen LogP) is 4.30. The van der Waals surface area contributed by atoms with E-state index < -0.39 is 5.97 Å². The number of rotatable bonds is 5. The molecule has 0 saturated heterocycles. The standard InChI is InChI=1S/C21H16N2O3/c24-21(25)16-6-11-20-19(12-16)22-14-23(20)17-7-9-18(10-8-17)26-13-15-4-2-1-3-5-15/h1-12,14H,13H2,(H,24,25). The number of aromatic carboxylic acids is 1. The number of carboxylic acid groups (broad SMARTS) is 1. The average molecular weight is 344 g/mol. The summed E-state index contributed by atoms with van der Waals surface area (Å²) in [6, 6.07) is 22.7. The Bertz CT molecular complexity index is 1050. The molecular weight excluding hydrogens is 328 g/mol. The van der Waals surface area contributed by atoms with Crippen molar-refractivity contribution in [3.05, 3.63) is 90.3 Å². The van der Waals surface area contributed by atoms with Gasteiger partial charge in [0.25, 0.3) is 0 Å². The third-order valence-corrected chi connectivity index (χ3v) is 4.16. The van der Waals surface area contributed by atoms with Crippen molar-refractivity contribution in [3.63, 3.8) is 0 Å². The summed E-state index contributed by atoms with van der Waals surface area (Å²) in [6.07, 6.45) is 1.69. The average Bonchev–Trinajstić information content (AvgIpc) is 3.11. The number of benzene rings is 3. The van der Waals surface area contributed by atoms with E-state index in [4.69, 9.17) is 9.84 Å². The fourth-order valence-electron chi connectivity index (χ4n) is 2.80. The summed E-state index contributed by atoms with van der Waals surface area (Å²) in [4.78, 5) is 15.4. The Balaban J connectivity index is 1.55. The zero-order chi connectivity index (χ0) is 17.9. The Morgan fingerprint density at radius 1 is 1.00 bits per heavy atom. The summed E-state index contributed by atoms with van der Waals surface area (Å²) in [7, 11) is 0. The van der Waals surface area contributed by atoms with Crippen LogP contribution in [0, 0.1) is 0 Å². The van der Waals surface area contributed by atoms with Gasteiger partial charge in [-0.15, -0.1) is 0 Å². The molecule has 5 heteroatoms. The normalized spacial score (nSPS) is 10.8. The van der Waals surface area contributed by atoms with Crippen LogP contribution in [0.5, 0.6) is 5.75 Å². The summed E-state index contributed by atoms with van der Waals surface area (Å²) in [6.45, 7) is 0.520. The predicted molar refractivity (Wildman–Crippen MR) is 98.8 cm³/mol. The molecule has 0 atom stereocenters. The second kappa shape index (κ2) is 6.72. The molecule has 0 bridgehead atoms. The minimum absolute atomic E-state index is 0.229. The highest BCUT2D eigenvalue weighted by molar-refractivity contribution is 5.92. The number of fused-ring (bicyclic) bond motifs is 1. The van der Waals surface area contributed by atoms with Gasteiger partial charge >= 0.3 is 5.97 Å². The maximum absolute atomic E-state index is 11.1. The van der Waals surface area contributed by atoms with Crippen LogP contribution in [0.15, 0.2) is 79.1 Å². The summed E-state index contributed by atoms with van der Waals surface area (Å²) in [5.41, 5.74) is 3.78. The largest absolute Gasteiger partial charge is 0.489 e. The van der Waals surface area contributed by atoms with Gasteiger partial charge in [0.1, 0.15) is 18.7 Å². The molecule has 0 aliphatic heterocycles. The highest BCUT2D eigenvalue weighted by atomic mass is 16.5. The second-order valence-corrected chi connectivity index (χ2v) is 5.89. The molecule has 0 radical (unpaired) electrons. The molecule has 4 rings (SSSR count). The van der Waals surface area contributed by atoms with Gasteiger partial charge in [-0.05, 0) is 48.0 Å². The van der Waals surface area contributed by atoms with Crippen LogP contribution in [0.25, 0.3) is 16.7 Å². The van der Waals surface area contributed by atoms with E-state index in [1.54, 1.807) is 24.5 Å². The summed E-state index contributed by atoms with van der Waals surface area (Å²) in [5, 5.41) is 9.08. The number of hydrogen-bond donors (Lipinski definition) is 1. The fraction of sp³-hybridized carbons (Fsp3) is 0.0476. The maximum Gasteiger partial charge on any atom is 0.335 e. The van der Waals surface area contributed by atoms with Crippen molar-refractivity contribution in [3.8, 4) is 11.4 Å². The first-order chi connectivity index (χ1) is 12.7. The summed E-state index contributed by atoms with van der Waals surface area (Å²) < 4.78 is 7.72. The number of imidazole rings is 1. The van der Waals surface area contributed by atoms with Gasteiger partial charge in [0.2, 0.25) is 0 Å². The highest BCUT2D eigenvalue weighted by Crippen LogP contribution is 2.22. The fourth-order valence-corrected chi connectivity index (χ4v) is 2.80. The third kappa shape index (κ3) is 3.15. The van der Waals surface area contributed by atoms with E-state index in [0.29, 0.717) is 12.1 Å². The number of aromatic nitrogens is 2. The van der Waals surface area contributed by atoms with Gasteiger partial charge in [-0.25, -0.2) is 9.78 Å². The number of hydrogen-bond acceptors (Lipinski definition) is 3. The van der Waals surface area contributed by atoms with E-state index in [0.717, 1.165) is 22.5 Å². The third-order valence-electron chi connectivity index (χ3n) is 4.16. The number of carboxylic acids is 1. The number of nitrogens with zero attached hydrogens (tertiary/aromatic N) is 2. The van der Waals surface area contributed by atoms with Crippen LogP contribution >= 0.6 is 0 Å². The summed E-state index contributed by atoms with van der Waals surface area (Å²) in [5.74, 6) is -0.170. The topological polar surface area (TPSA) is 64.3 Å². The van der Waals surface area contributed by atoms with Gasteiger partial charge in [-0.2, -0.15) is 0 Å². The lowest BCUT2D eigenvalue weighted by Crippen LogP contribution is -1.97. The molecule has 0 aliphatic rings. The van der Waals surface area contributed by atoms with Crippen molar-refractivity contribution in [2.45, 2.75) is 6.61 Å². The van der Waals surface area contributed by atoms with Gasteiger partial charge < -0.3 is 9.84 Å². The molecule has 0 spiro atoms. The Hall–Kier alpha value is -3.60. The van der Waals surface area contributed by atoms with Crippen molar-refractivity contribution in [1.29, 1.82) is 0 Å². The van der Waals surface area contributed by atoms with Crippen molar-refractivity contribution in [1.82, 2.24) is 9.55 Å². The van der Waals surface area contributed by atoms with Crippen LogP contribution in [0.2, 0.25) is 0 Å². The lowest BCUT2D eigenvalue weighted by Gasteiger charge is -2.08. The molecule has 4 aromatic rings. The lowest BCUT2D eigenvalue weighted by atomic mass is 10.2. The van der Waals surface area contributed by atoms with E-state index in [1.165, 1.54) is 0 Å². The monoisotopic (exact) mass is 344 g/mol. The SMILES string of the molecule is O=C(O)c1ccc2c(c1)ncn2-c1ccc(OCc2ccccc2)cc1. The van der Waals surface area contributed by atoms with Crippen LogP contribution < -0.4 is 4.74 Å². The molecule has 1 aromatic heterocycles. The van der Waals surface area contributed by atoms with Gasteiger partial charge in [-0.1, -0.05) is 30.3 Å². The van der Waals surface area contributed by atoms with Gasteiger partial charge in [-0.3, -0.25) is 4.57 Å². The molecule has 3 aromatic carbocycles. The number of carbonyl (C=O) groups is 1. The molecule has 0 saturated carbocycles. The Kier molecular flexibility index (Phi) is 4.11. The first-order valence-electron chi connectivity index (χ1n) is 8.18. The Morgan fingerprint density at radius 3 is 2.50 bits per heavy atom. The van der Waals surface area contributed by atoms with Crippen molar-refractivity contribution >= 4 is 17.0 Å². The van der Waals surface area contributed by atoms with E-state index in [2.05, 4.69) is 4.98 Å². The quantitative estimate of drug-likeness (QED) is 0.586. The molecule has 1 N–H and O–H groups in total. The van der Waals surface area contributed by atoms with E-state index in [-0.39, 0.29) is 5.56 Å². The first-order valence-corrected chi connectivity index (χ1v) is 8.18. The van der Waals surface area contributed by atoms with Gasteiger partial charge in [0, 0.05) is 5.69 Å². The zero-order valence-corrected chi connectivity index (χ0v) is 13.9. The van der Waals surface area contributed by atoms with Crippen LogP contribution in [-0.2, 0) is 6.61 Å². The molecule has 26 heavy (non-hydrogen) atoms. The molecule has 0 unspecified atom stereocenters. The van der Waals surface area contributed by atoms with Crippen LogP contribution in [0.3, 0.4) is 0 Å². The Morgan fingerprint density at radius 2 is 1.77 bits per heavy atom. The van der Waals surface area contributed by atoms with E-state index in [9.17, 15) is 4.79 Å². The minimum Gasteiger partial charge on any atom is -0.489 e. The van der Waals surface area contributed by atoms with Crippen molar-refractivity contribution in [2.75, 3.05) is 0 Å².